The minimum atomic E-state index is -0.575. The zero-order valence-electron chi connectivity index (χ0n) is 18.7. The summed E-state index contributed by atoms with van der Waals surface area (Å²) in [6.07, 6.45) is 7.46. The molecular formula is C25H20N8O2. The van der Waals surface area contributed by atoms with Crippen LogP contribution in [0.15, 0.2) is 48.9 Å². The highest BCUT2D eigenvalue weighted by atomic mass is 16.6. The first-order valence-electron chi connectivity index (χ1n) is 11.6. The molecule has 5 atom stereocenters. The minimum absolute atomic E-state index is 0.0739. The molecule has 7 rings (SSSR count). The van der Waals surface area contributed by atoms with Crippen LogP contribution in [0.3, 0.4) is 0 Å². The monoisotopic (exact) mass is 464 g/mol. The summed E-state index contributed by atoms with van der Waals surface area (Å²) in [5, 5.41) is 26.9. The van der Waals surface area contributed by atoms with Crippen LogP contribution in [-0.4, -0.2) is 56.2 Å². The first kappa shape index (κ1) is 20.0. The Morgan fingerprint density at radius 1 is 1.14 bits per heavy atom. The Kier molecular flexibility index (Phi) is 4.01. The van der Waals surface area contributed by atoms with Crippen LogP contribution in [0.2, 0.25) is 0 Å². The Labute approximate surface area is 200 Å². The number of cyclic esters (lactones) is 1. The molecule has 3 fully saturated rings. The molecule has 3 aliphatic heterocycles. The Hall–Kier alpha value is -4.44. The maximum atomic E-state index is 12.6. The van der Waals surface area contributed by atoms with Crippen molar-refractivity contribution in [2.24, 2.45) is 11.8 Å². The Morgan fingerprint density at radius 3 is 2.66 bits per heavy atom. The fourth-order valence-corrected chi connectivity index (χ4v) is 6.25. The number of piperidine rings is 1. The first-order chi connectivity index (χ1) is 17.1. The van der Waals surface area contributed by atoms with E-state index in [0.29, 0.717) is 26.1 Å². The molecule has 1 aromatic carbocycles. The smallest absolute Gasteiger partial charge is 0.415 e. The van der Waals surface area contributed by atoms with Crippen LogP contribution in [0.25, 0.3) is 11.1 Å². The molecule has 4 aliphatic rings. The number of likely N-dealkylation sites (tertiary alicyclic amines) is 1. The number of amides is 1. The van der Waals surface area contributed by atoms with E-state index in [1.165, 1.54) is 0 Å². The van der Waals surface area contributed by atoms with Crippen molar-refractivity contribution in [1.82, 2.24) is 24.9 Å². The van der Waals surface area contributed by atoms with E-state index in [0.717, 1.165) is 28.1 Å². The number of aromatic nitrogens is 4. The molecule has 0 spiro atoms. The molecule has 0 N–H and O–H groups in total. The Morgan fingerprint density at radius 2 is 1.97 bits per heavy atom. The molecule has 1 saturated carbocycles. The predicted molar refractivity (Wildman–Crippen MR) is 121 cm³/mol. The fourth-order valence-electron chi connectivity index (χ4n) is 6.25. The summed E-state index contributed by atoms with van der Waals surface area (Å²) in [7, 11) is 0. The van der Waals surface area contributed by atoms with Crippen molar-refractivity contribution in [3.05, 3.63) is 60.2 Å². The van der Waals surface area contributed by atoms with E-state index in [-0.39, 0.29) is 30.1 Å². The van der Waals surface area contributed by atoms with Gasteiger partial charge in [0.25, 0.3) is 0 Å². The molecule has 1 amide bonds. The van der Waals surface area contributed by atoms with Crippen molar-refractivity contribution in [2.45, 2.75) is 30.5 Å². The lowest BCUT2D eigenvalue weighted by Crippen LogP contribution is -2.35. The summed E-state index contributed by atoms with van der Waals surface area (Å²) < 4.78 is 7.30. The number of pyridine rings is 1. The van der Waals surface area contributed by atoms with Gasteiger partial charge in [-0.2, -0.15) is 10.5 Å². The first-order valence-corrected chi connectivity index (χ1v) is 11.6. The van der Waals surface area contributed by atoms with E-state index in [9.17, 15) is 10.1 Å². The number of nitriles is 2. The van der Waals surface area contributed by atoms with E-state index in [2.05, 4.69) is 33.6 Å². The number of ether oxygens (including phenoxy) is 1. The van der Waals surface area contributed by atoms with Crippen molar-refractivity contribution in [1.29, 1.82) is 10.5 Å². The van der Waals surface area contributed by atoms with E-state index in [1.54, 1.807) is 26.9 Å². The highest BCUT2D eigenvalue weighted by Gasteiger charge is 2.71. The molecule has 10 heteroatoms. The largest absolute Gasteiger partial charge is 0.442 e. The van der Waals surface area contributed by atoms with Gasteiger partial charge in [0.05, 0.1) is 36.2 Å². The third-order valence-electron chi connectivity index (χ3n) is 8.04. The number of hydrogen-bond acceptors (Lipinski definition) is 8. The summed E-state index contributed by atoms with van der Waals surface area (Å²) in [6, 6.07) is 12.5. The standard InChI is InChI=1S/C25H20N8O2/c26-13-25(18-10-31(14-27)11-19(18)25)23-4-2-16(9-28-23)15-1-3-20-17(7-15)8-21-22(35-24(34)33(20)21)12-32-6-5-29-30-32/h1-7,9,18-19,21-22H,8,10-12H2/t18-,19+,21-,22-,25+/m0/s1. The quantitative estimate of drug-likeness (QED) is 0.538. The van der Waals surface area contributed by atoms with Crippen LogP contribution in [-0.2, 0) is 23.1 Å². The molecule has 0 radical (unpaired) electrons. The van der Waals surface area contributed by atoms with Gasteiger partial charge in [0.1, 0.15) is 11.5 Å². The van der Waals surface area contributed by atoms with Gasteiger partial charge in [-0.15, -0.1) is 5.10 Å². The highest BCUT2D eigenvalue weighted by molar-refractivity contribution is 5.94. The second-order valence-corrected chi connectivity index (χ2v) is 9.66. The third-order valence-corrected chi connectivity index (χ3v) is 8.04. The molecular weight excluding hydrogens is 444 g/mol. The van der Waals surface area contributed by atoms with E-state index < -0.39 is 5.41 Å². The molecule has 1 aliphatic carbocycles. The van der Waals surface area contributed by atoms with Crippen LogP contribution in [0.4, 0.5) is 10.5 Å². The Bertz CT molecular complexity index is 1410. The van der Waals surface area contributed by atoms with Gasteiger partial charge in [-0.3, -0.25) is 9.88 Å². The molecule has 2 aromatic heterocycles. The van der Waals surface area contributed by atoms with Crippen molar-refractivity contribution in [2.75, 3.05) is 18.0 Å². The molecule has 0 unspecified atom stereocenters. The number of fused-ring (bicyclic) bond motifs is 4. The van der Waals surface area contributed by atoms with E-state index in [4.69, 9.17) is 10.00 Å². The summed E-state index contributed by atoms with van der Waals surface area (Å²) in [6.45, 7) is 1.72. The van der Waals surface area contributed by atoms with Crippen LogP contribution >= 0.6 is 0 Å². The average Bonchev–Trinajstić information content (AvgIpc) is 3.47. The molecule has 5 heterocycles. The van der Waals surface area contributed by atoms with E-state index >= 15 is 0 Å². The van der Waals surface area contributed by atoms with Gasteiger partial charge in [0.2, 0.25) is 0 Å². The van der Waals surface area contributed by atoms with Crippen LogP contribution in [0, 0.1) is 34.6 Å². The lowest BCUT2D eigenvalue weighted by atomic mass is 9.95. The molecule has 0 bridgehead atoms. The Balaban J connectivity index is 1.12. The van der Waals surface area contributed by atoms with E-state index in [1.807, 2.05) is 30.5 Å². The number of carbonyl (C=O) groups excluding carboxylic acids is 1. The molecule has 35 heavy (non-hydrogen) atoms. The zero-order valence-corrected chi connectivity index (χ0v) is 18.7. The van der Waals surface area contributed by atoms with Crippen molar-refractivity contribution >= 4 is 11.8 Å². The maximum Gasteiger partial charge on any atom is 0.415 e. The van der Waals surface area contributed by atoms with Crippen LogP contribution in [0.5, 0.6) is 0 Å². The van der Waals surface area contributed by atoms with Gasteiger partial charge in [0, 0.05) is 42.9 Å². The molecule has 10 nitrogen and oxygen atoms in total. The SMILES string of the molecule is N#CN1C[C@@H]2[C@H](C1)[C@@]2(C#N)c1ccc(-c2ccc3c(c2)C[C@H]2[C@H](Cn4ccnn4)OC(=O)N32)cn1. The molecule has 3 aromatic rings. The highest BCUT2D eigenvalue weighted by Crippen LogP contribution is 2.62. The molecule has 2 saturated heterocycles. The lowest BCUT2D eigenvalue weighted by Gasteiger charge is -2.17. The topological polar surface area (TPSA) is 124 Å². The van der Waals surface area contributed by atoms with Gasteiger partial charge in [-0.05, 0) is 35.7 Å². The lowest BCUT2D eigenvalue weighted by molar-refractivity contribution is 0.117. The van der Waals surface area contributed by atoms with Crippen molar-refractivity contribution in [3.8, 4) is 23.4 Å². The van der Waals surface area contributed by atoms with Crippen LogP contribution < -0.4 is 4.90 Å². The van der Waals surface area contributed by atoms with Gasteiger partial charge < -0.3 is 9.64 Å². The average molecular weight is 464 g/mol. The fraction of sp³-hybridized carbons (Fsp3) is 0.360. The van der Waals surface area contributed by atoms with Gasteiger partial charge in [-0.25, -0.2) is 9.48 Å². The number of rotatable bonds is 4. The second kappa shape index (κ2) is 7.03. The summed E-state index contributed by atoms with van der Waals surface area (Å²) in [5.41, 5.74) is 4.17. The van der Waals surface area contributed by atoms with Crippen molar-refractivity contribution in [3.63, 3.8) is 0 Å². The molecule has 172 valence electrons. The van der Waals surface area contributed by atoms with Gasteiger partial charge in [-0.1, -0.05) is 17.3 Å². The number of nitrogens with zero attached hydrogens (tertiary/aromatic N) is 8. The number of anilines is 1. The maximum absolute atomic E-state index is 12.6. The third kappa shape index (κ3) is 2.74. The van der Waals surface area contributed by atoms with Crippen molar-refractivity contribution < 1.29 is 9.53 Å². The van der Waals surface area contributed by atoms with Gasteiger partial charge in [0.15, 0.2) is 6.19 Å². The van der Waals surface area contributed by atoms with Gasteiger partial charge >= 0.3 is 6.09 Å². The minimum Gasteiger partial charge on any atom is -0.442 e. The summed E-state index contributed by atoms with van der Waals surface area (Å²) in [4.78, 5) is 20.8. The number of carbonyl (C=O) groups is 1. The predicted octanol–water partition coefficient (Wildman–Crippen LogP) is 2.09. The van der Waals surface area contributed by atoms with Crippen LogP contribution in [0.1, 0.15) is 11.3 Å². The second-order valence-electron chi connectivity index (χ2n) is 9.66. The normalized spacial score (nSPS) is 29.7. The zero-order chi connectivity index (χ0) is 23.7. The summed E-state index contributed by atoms with van der Waals surface area (Å²) >= 11 is 0. The number of benzene rings is 1. The summed E-state index contributed by atoms with van der Waals surface area (Å²) in [5.74, 6) is 0.341. The number of hydrogen-bond donors (Lipinski definition) is 0.